The minimum atomic E-state index is -0.807. The summed E-state index contributed by atoms with van der Waals surface area (Å²) in [6.45, 7) is 0.200. The van der Waals surface area contributed by atoms with Crippen LogP contribution in [0.2, 0.25) is 0 Å². The first kappa shape index (κ1) is 18.8. The lowest BCUT2D eigenvalue weighted by atomic mass is 10.1. The highest BCUT2D eigenvalue weighted by molar-refractivity contribution is 5.94. The summed E-state index contributed by atoms with van der Waals surface area (Å²) in [6.07, 6.45) is 0.720. The van der Waals surface area contributed by atoms with Crippen LogP contribution in [0.1, 0.15) is 12.8 Å². The zero-order valence-electron chi connectivity index (χ0n) is 12.6. The number of hydrogen-bond acceptors (Lipinski definition) is 6. The number of aliphatic imine (C=N–C) groups is 1. The van der Waals surface area contributed by atoms with Crippen LogP contribution in [-0.4, -0.2) is 39.6 Å². The largest absolute Gasteiger partial charge is 0.365 e. The number of anilines is 1. The summed E-state index contributed by atoms with van der Waals surface area (Å²) >= 11 is 0. The number of nitro groups is 1. The van der Waals surface area contributed by atoms with Crippen LogP contribution in [-0.2, 0) is 4.79 Å². The molecule has 0 aromatic heterocycles. The fourth-order valence-corrected chi connectivity index (χ4v) is 1.68. The summed E-state index contributed by atoms with van der Waals surface area (Å²) < 4.78 is 0. The van der Waals surface area contributed by atoms with E-state index in [9.17, 15) is 19.8 Å². The maximum absolute atomic E-state index is 11.9. The maximum atomic E-state index is 11.9. The van der Waals surface area contributed by atoms with Crippen LogP contribution in [0.4, 0.5) is 11.4 Å². The summed E-state index contributed by atoms with van der Waals surface area (Å²) in [5, 5.41) is 20.8. The van der Waals surface area contributed by atoms with Crippen molar-refractivity contribution >= 4 is 23.2 Å². The fraction of sp³-hybridized carbons (Fsp3) is 0.333. The van der Waals surface area contributed by atoms with Gasteiger partial charge in [-0.25, -0.2) is 10.2 Å². The van der Waals surface area contributed by atoms with Crippen molar-refractivity contribution in [1.29, 1.82) is 0 Å². The van der Waals surface area contributed by atoms with Crippen molar-refractivity contribution in [2.24, 2.45) is 16.5 Å². The van der Waals surface area contributed by atoms with E-state index < -0.39 is 21.9 Å². The number of hydrogen-bond donors (Lipinski definition) is 5. The standard InChI is InChI=1S/C12H17N7O5/c13-10(2-1-7-15-12(14)17-19(23)24)11(20)16-8-3-5-9(6-4-8)18(21)22/h3-6,10H,1-2,7,13H2,(H4-,14,15,16,17,20,23,24)/p+1/t10-/m0/s1. The third kappa shape index (κ3) is 6.65. The molecular formula is C12H18N7O5+. The average molecular weight is 340 g/mol. The zero-order chi connectivity index (χ0) is 18.1. The monoisotopic (exact) mass is 340 g/mol. The molecular weight excluding hydrogens is 322 g/mol. The number of guanidine groups is 1. The van der Waals surface area contributed by atoms with Crippen LogP contribution in [0.5, 0.6) is 0 Å². The number of hydrazine groups is 1. The minimum absolute atomic E-state index is 0.0825. The topological polar surface area (TPSA) is 189 Å². The predicted octanol–water partition coefficient (Wildman–Crippen LogP) is -0.372. The smallest absolute Gasteiger partial charge is 0.362 e. The van der Waals surface area contributed by atoms with E-state index in [4.69, 9.17) is 16.7 Å². The lowest BCUT2D eigenvalue weighted by Gasteiger charge is -2.11. The Labute approximate surface area is 136 Å². The Balaban J connectivity index is 2.39. The number of carbonyl (C=O) groups is 1. The second-order valence-corrected chi connectivity index (χ2v) is 4.69. The molecule has 1 aromatic carbocycles. The lowest BCUT2D eigenvalue weighted by Crippen LogP contribution is -2.37. The first-order chi connectivity index (χ1) is 11.3. The third-order valence-electron chi connectivity index (χ3n) is 2.85. The highest BCUT2D eigenvalue weighted by Gasteiger charge is 2.14. The maximum Gasteiger partial charge on any atom is 0.362 e. The van der Waals surface area contributed by atoms with Crippen LogP contribution >= 0.6 is 0 Å². The van der Waals surface area contributed by atoms with Crippen LogP contribution < -0.4 is 22.2 Å². The minimum Gasteiger partial charge on any atom is -0.365 e. The molecule has 7 N–H and O–H groups in total. The van der Waals surface area contributed by atoms with Gasteiger partial charge in [0.25, 0.3) is 11.6 Å². The van der Waals surface area contributed by atoms with Crippen molar-refractivity contribution in [2.45, 2.75) is 18.9 Å². The van der Waals surface area contributed by atoms with E-state index in [1.807, 2.05) is 0 Å². The van der Waals surface area contributed by atoms with E-state index in [0.29, 0.717) is 18.5 Å². The number of non-ortho nitro benzene ring substituents is 1. The van der Waals surface area contributed by atoms with Crippen LogP contribution in [0.25, 0.3) is 0 Å². The first-order valence-corrected chi connectivity index (χ1v) is 6.83. The van der Waals surface area contributed by atoms with E-state index in [-0.39, 0.29) is 18.2 Å². The van der Waals surface area contributed by atoms with Gasteiger partial charge >= 0.3 is 5.03 Å². The zero-order valence-corrected chi connectivity index (χ0v) is 12.6. The van der Waals surface area contributed by atoms with Crippen molar-refractivity contribution in [3.05, 3.63) is 39.3 Å². The molecule has 1 amide bonds. The number of rotatable bonds is 8. The number of nitrogens with two attached hydrogens (primary N) is 2. The van der Waals surface area contributed by atoms with Crippen molar-refractivity contribution in [3.8, 4) is 0 Å². The first-order valence-electron chi connectivity index (χ1n) is 6.83. The molecule has 0 aliphatic heterocycles. The van der Waals surface area contributed by atoms with Gasteiger partial charge in [-0.3, -0.25) is 14.9 Å². The van der Waals surface area contributed by atoms with Gasteiger partial charge in [0.1, 0.15) is 4.91 Å². The van der Waals surface area contributed by atoms with Crippen molar-refractivity contribution in [2.75, 3.05) is 11.9 Å². The van der Waals surface area contributed by atoms with E-state index >= 15 is 0 Å². The SMILES string of the molecule is NC(=NCCC[C@H](N)C(=O)Nc1ccc([N+](=O)[O-])cc1)N[N+](=O)O. The molecule has 0 aliphatic carbocycles. The van der Waals surface area contributed by atoms with E-state index in [0.717, 1.165) is 0 Å². The molecule has 0 aliphatic rings. The van der Waals surface area contributed by atoms with Gasteiger partial charge in [0.15, 0.2) is 0 Å². The highest BCUT2D eigenvalue weighted by Crippen LogP contribution is 2.15. The normalized spacial score (nSPS) is 12.3. The molecule has 12 nitrogen and oxygen atoms in total. The molecule has 0 heterocycles. The van der Waals surface area contributed by atoms with E-state index in [1.165, 1.54) is 24.3 Å². The molecule has 1 atom stereocenters. The molecule has 0 radical (unpaired) electrons. The van der Waals surface area contributed by atoms with Gasteiger partial charge in [-0.2, -0.15) is 0 Å². The van der Waals surface area contributed by atoms with Crippen LogP contribution in [0.15, 0.2) is 29.3 Å². The number of amides is 1. The molecule has 0 saturated heterocycles. The van der Waals surface area contributed by atoms with Gasteiger partial charge in [0.2, 0.25) is 5.91 Å². The van der Waals surface area contributed by atoms with Gasteiger partial charge < -0.3 is 16.8 Å². The molecule has 0 fully saturated rings. The molecule has 0 spiro atoms. The summed E-state index contributed by atoms with van der Waals surface area (Å²) in [7, 11) is 0. The molecule has 1 aromatic rings. The van der Waals surface area contributed by atoms with E-state index in [2.05, 4.69) is 10.3 Å². The quantitative estimate of drug-likeness (QED) is 0.139. The highest BCUT2D eigenvalue weighted by atomic mass is 16.7. The summed E-state index contributed by atoms with van der Waals surface area (Å²) in [4.78, 5) is 35.8. The van der Waals surface area contributed by atoms with Gasteiger partial charge in [-0.05, 0) is 30.4 Å². The van der Waals surface area contributed by atoms with E-state index in [1.54, 1.807) is 5.43 Å². The molecule has 0 saturated carbocycles. The van der Waals surface area contributed by atoms with Crippen LogP contribution in [0.3, 0.4) is 0 Å². The van der Waals surface area contributed by atoms with Gasteiger partial charge in [0, 0.05) is 24.4 Å². The predicted molar refractivity (Wildman–Crippen MR) is 84.0 cm³/mol. The Kier molecular flexibility index (Phi) is 7.03. The second-order valence-electron chi connectivity index (χ2n) is 4.69. The molecule has 130 valence electrons. The number of carbonyl (C=O) groups excluding carboxylic acids is 1. The lowest BCUT2D eigenvalue weighted by molar-refractivity contribution is -0.822. The Morgan fingerprint density at radius 2 is 1.96 bits per heavy atom. The Morgan fingerprint density at radius 3 is 2.50 bits per heavy atom. The van der Waals surface area contributed by atoms with Crippen molar-refractivity contribution in [3.63, 3.8) is 0 Å². The second kappa shape index (κ2) is 8.99. The summed E-state index contributed by atoms with van der Waals surface area (Å²) in [5.74, 6) is -0.712. The fourth-order valence-electron chi connectivity index (χ4n) is 1.68. The van der Waals surface area contributed by atoms with Crippen LogP contribution in [0, 0.1) is 15.0 Å². The molecule has 0 bridgehead atoms. The summed E-state index contributed by atoms with van der Waals surface area (Å²) in [6, 6.07) is 4.54. The van der Waals surface area contributed by atoms with Gasteiger partial charge in [-0.1, -0.05) is 0 Å². The third-order valence-corrected chi connectivity index (χ3v) is 2.85. The molecule has 12 heteroatoms. The molecule has 0 unspecified atom stereocenters. The Bertz CT molecular complexity index is 631. The van der Waals surface area contributed by atoms with Crippen molar-refractivity contribution in [1.82, 2.24) is 5.43 Å². The van der Waals surface area contributed by atoms with Gasteiger partial charge in [-0.15, -0.1) is 0 Å². The summed E-state index contributed by atoms with van der Waals surface area (Å²) in [5.41, 5.74) is 13.1. The number of nitro benzene ring substituents is 1. The van der Waals surface area contributed by atoms with Gasteiger partial charge in [0.05, 0.1) is 11.0 Å². The molecule has 1 rings (SSSR count). The Hall–Kier alpha value is -3.28. The number of nitrogens with zero attached hydrogens (tertiary/aromatic N) is 3. The number of benzene rings is 1. The Morgan fingerprint density at radius 1 is 1.33 bits per heavy atom. The molecule has 24 heavy (non-hydrogen) atoms. The average Bonchev–Trinajstić information content (AvgIpc) is 2.51. The number of nitrogens with one attached hydrogen (secondary N) is 2. The van der Waals surface area contributed by atoms with Crippen molar-refractivity contribution < 1.29 is 20.0 Å².